The maximum absolute atomic E-state index is 5.61. The van der Waals surface area contributed by atoms with Gasteiger partial charge in [-0.2, -0.15) is 0 Å². The monoisotopic (exact) mass is 419 g/mol. The number of nitrogens with zero attached hydrogens (tertiary/aromatic N) is 2. The van der Waals surface area contributed by atoms with Crippen molar-refractivity contribution in [3.63, 3.8) is 0 Å². The topological polar surface area (TPSA) is 55.7 Å². The van der Waals surface area contributed by atoms with Gasteiger partial charge in [-0.15, -0.1) is 0 Å². The van der Waals surface area contributed by atoms with Gasteiger partial charge >= 0.3 is 0 Å². The van der Waals surface area contributed by atoms with Crippen molar-refractivity contribution in [2.45, 2.75) is 52.9 Å². The molecule has 1 aromatic carbocycles. The number of benzene rings is 1. The van der Waals surface area contributed by atoms with Crippen LogP contribution in [0.4, 0.5) is 0 Å². The van der Waals surface area contributed by atoms with E-state index in [-0.39, 0.29) is 6.79 Å². The van der Waals surface area contributed by atoms with Crippen LogP contribution in [0, 0.1) is 6.92 Å². The smallest absolute Gasteiger partial charge is 0.231 e. The zero-order chi connectivity index (χ0) is 21.9. The van der Waals surface area contributed by atoms with Crippen molar-refractivity contribution in [1.29, 1.82) is 0 Å². The van der Waals surface area contributed by atoms with Gasteiger partial charge in [0.05, 0.1) is 11.4 Å². The number of pyridine rings is 1. The molecule has 1 aliphatic heterocycles. The summed E-state index contributed by atoms with van der Waals surface area (Å²) in [5.41, 5.74) is 4.58. The fourth-order valence-corrected chi connectivity index (χ4v) is 3.41. The van der Waals surface area contributed by atoms with Gasteiger partial charge in [-0.05, 0) is 57.0 Å². The molecule has 0 amide bonds. The van der Waals surface area contributed by atoms with Gasteiger partial charge in [0.15, 0.2) is 11.5 Å². The molecule has 0 fully saturated rings. The van der Waals surface area contributed by atoms with Crippen molar-refractivity contribution in [3.05, 3.63) is 65.5 Å². The first kappa shape index (κ1) is 22.6. The quantitative estimate of drug-likeness (QED) is 0.270. The third-order valence-electron chi connectivity index (χ3n) is 5.07. The molecule has 5 nitrogen and oxygen atoms in total. The Labute approximate surface area is 185 Å². The van der Waals surface area contributed by atoms with E-state index in [0.717, 1.165) is 52.7 Å². The van der Waals surface area contributed by atoms with Crippen LogP contribution >= 0.6 is 0 Å². The van der Waals surface area contributed by atoms with Crippen molar-refractivity contribution in [1.82, 2.24) is 10.3 Å². The predicted molar refractivity (Wildman–Crippen MR) is 128 cm³/mol. The van der Waals surface area contributed by atoms with Crippen LogP contribution in [-0.4, -0.2) is 24.5 Å². The van der Waals surface area contributed by atoms with E-state index >= 15 is 0 Å². The van der Waals surface area contributed by atoms with Gasteiger partial charge in [-0.1, -0.05) is 44.4 Å². The predicted octanol–water partition coefficient (Wildman–Crippen LogP) is 6.15. The lowest BCUT2D eigenvalue weighted by Crippen LogP contribution is -2.14. The van der Waals surface area contributed by atoms with E-state index in [1.54, 1.807) is 0 Å². The number of fused-ring (bicyclic) bond motifs is 1. The van der Waals surface area contributed by atoms with Crippen LogP contribution < -0.4 is 14.8 Å². The van der Waals surface area contributed by atoms with Crippen LogP contribution in [-0.2, 0) is 0 Å². The summed E-state index contributed by atoms with van der Waals surface area (Å²) in [5, 5.41) is 3.55. The molecule has 1 aromatic heterocycles. The first-order chi connectivity index (χ1) is 15.2. The first-order valence-electron chi connectivity index (χ1n) is 11.2. The molecule has 0 unspecified atom stereocenters. The Morgan fingerprint density at radius 1 is 1.13 bits per heavy atom. The molecule has 5 heteroatoms. The van der Waals surface area contributed by atoms with Crippen molar-refractivity contribution in [2.75, 3.05) is 13.3 Å². The fraction of sp³-hybridized carbons (Fsp3) is 0.385. The van der Waals surface area contributed by atoms with Crippen LogP contribution in [0.1, 0.15) is 62.9 Å². The minimum absolute atomic E-state index is 0.256. The summed E-state index contributed by atoms with van der Waals surface area (Å²) in [6, 6.07) is 12.0. The van der Waals surface area contributed by atoms with E-state index in [9.17, 15) is 0 Å². The standard InChI is InChI=1S/C26H33N3O2/c1-4-6-8-9-10-17-28-26(22-13-11-12-20(3)29-22)25(27-16-7-5-2)21-14-15-23-24(18-21)31-19-30-23/h5,7,11-15,17-18,27H,4,6,8-10,16,19H2,1-3H3/b7-5-,26-25-,28-17?. The lowest BCUT2D eigenvalue weighted by molar-refractivity contribution is 0.174. The zero-order valence-electron chi connectivity index (χ0n) is 18.9. The van der Waals surface area contributed by atoms with Gasteiger partial charge in [-0.3, -0.25) is 9.98 Å². The van der Waals surface area contributed by atoms with Gasteiger partial charge in [0.25, 0.3) is 0 Å². The molecule has 0 spiro atoms. The third-order valence-corrected chi connectivity index (χ3v) is 5.07. The highest BCUT2D eigenvalue weighted by atomic mass is 16.7. The Balaban J connectivity index is 2.01. The number of aliphatic imine (C=N–C) groups is 1. The van der Waals surface area contributed by atoms with E-state index in [1.165, 1.54) is 19.3 Å². The number of hydrogen-bond acceptors (Lipinski definition) is 5. The normalized spacial score (nSPS) is 13.8. The Kier molecular flexibility index (Phi) is 8.71. The highest BCUT2D eigenvalue weighted by Crippen LogP contribution is 2.35. The highest BCUT2D eigenvalue weighted by Gasteiger charge is 2.18. The summed E-state index contributed by atoms with van der Waals surface area (Å²) in [5.74, 6) is 1.52. The molecule has 1 aliphatic rings. The molecule has 2 aromatic rings. The van der Waals surface area contributed by atoms with Crippen LogP contribution in [0.15, 0.2) is 53.5 Å². The van der Waals surface area contributed by atoms with E-state index in [4.69, 9.17) is 19.5 Å². The lowest BCUT2D eigenvalue weighted by Gasteiger charge is -2.15. The van der Waals surface area contributed by atoms with Crippen molar-refractivity contribution < 1.29 is 9.47 Å². The third kappa shape index (κ3) is 6.45. The van der Waals surface area contributed by atoms with Gasteiger partial charge < -0.3 is 14.8 Å². The lowest BCUT2D eigenvalue weighted by atomic mass is 10.1. The average molecular weight is 420 g/mol. The maximum Gasteiger partial charge on any atom is 0.231 e. The number of nitrogens with one attached hydrogen (secondary N) is 1. The Morgan fingerprint density at radius 2 is 2.00 bits per heavy atom. The van der Waals surface area contributed by atoms with Crippen LogP contribution in [0.3, 0.4) is 0 Å². The second-order valence-electron chi connectivity index (χ2n) is 7.57. The van der Waals surface area contributed by atoms with E-state index in [1.807, 2.05) is 62.5 Å². The molecule has 0 aliphatic carbocycles. The second kappa shape index (κ2) is 11.9. The second-order valence-corrected chi connectivity index (χ2v) is 7.57. The number of allylic oxidation sites excluding steroid dienone is 1. The maximum atomic E-state index is 5.61. The van der Waals surface area contributed by atoms with Crippen molar-refractivity contribution in [3.8, 4) is 11.5 Å². The molecule has 0 atom stereocenters. The Bertz CT molecular complexity index is 947. The van der Waals surface area contributed by atoms with Gasteiger partial charge in [0.2, 0.25) is 6.79 Å². The Hall–Kier alpha value is -3.08. The van der Waals surface area contributed by atoms with Crippen molar-refractivity contribution >= 4 is 17.6 Å². The van der Waals surface area contributed by atoms with Crippen LogP contribution in [0.2, 0.25) is 0 Å². The number of rotatable bonds is 11. The fourth-order valence-electron chi connectivity index (χ4n) is 3.41. The number of hydrogen-bond donors (Lipinski definition) is 1. The zero-order valence-corrected chi connectivity index (χ0v) is 18.9. The first-order valence-corrected chi connectivity index (χ1v) is 11.2. The summed E-state index contributed by atoms with van der Waals surface area (Å²) in [7, 11) is 0. The molecule has 3 rings (SSSR count). The highest BCUT2D eigenvalue weighted by molar-refractivity contribution is 5.91. The number of aryl methyl sites for hydroxylation is 1. The van der Waals surface area contributed by atoms with Gasteiger partial charge in [0.1, 0.15) is 5.70 Å². The minimum atomic E-state index is 0.256. The summed E-state index contributed by atoms with van der Waals surface area (Å²) in [6.45, 7) is 7.20. The molecular weight excluding hydrogens is 386 g/mol. The minimum Gasteiger partial charge on any atom is -0.454 e. The van der Waals surface area contributed by atoms with Gasteiger partial charge in [0, 0.05) is 24.0 Å². The molecule has 0 bridgehead atoms. The Morgan fingerprint density at radius 3 is 2.81 bits per heavy atom. The molecule has 0 radical (unpaired) electrons. The molecule has 1 N–H and O–H groups in total. The molecule has 164 valence electrons. The van der Waals surface area contributed by atoms with Gasteiger partial charge in [-0.25, -0.2) is 0 Å². The molecule has 0 saturated heterocycles. The molecular formula is C26H33N3O2. The summed E-state index contributed by atoms with van der Waals surface area (Å²) in [6.07, 6.45) is 12.0. The summed E-state index contributed by atoms with van der Waals surface area (Å²) in [4.78, 5) is 9.68. The largest absolute Gasteiger partial charge is 0.454 e. The summed E-state index contributed by atoms with van der Waals surface area (Å²) < 4.78 is 11.1. The average Bonchev–Trinajstić information content (AvgIpc) is 3.25. The van der Waals surface area contributed by atoms with E-state index in [0.29, 0.717) is 6.54 Å². The van der Waals surface area contributed by atoms with Crippen LogP contribution in [0.25, 0.3) is 11.4 Å². The molecule has 2 heterocycles. The van der Waals surface area contributed by atoms with E-state index in [2.05, 4.69) is 18.3 Å². The van der Waals surface area contributed by atoms with Crippen LogP contribution in [0.5, 0.6) is 11.5 Å². The number of ether oxygens (including phenoxy) is 2. The molecule has 31 heavy (non-hydrogen) atoms. The number of unbranched alkanes of at least 4 members (excludes halogenated alkanes) is 4. The van der Waals surface area contributed by atoms with E-state index < -0.39 is 0 Å². The SMILES string of the molecule is C/C=C\CN/C(=C(\N=CCCCCCC)c1cccc(C)n1)c1ccc2c(c1)OCO2. The number of aromatic nitrogens is 1. The summed E-state index contributed by atoms with van der Waals surface area (Å²) >= 11 is 0. The molecule has 0 saturated carbocycles. The van der Waals surface area contributed by atoms with Crippen molar-refractivity contribution in [2.24, 2.45) is 4.99 Å².